The smallest absolute Gasteiger partial charge is 0.255 e. The predicted octanol–water partition coefficient (Wildman–Crippen LogP) is 1.40. The monoisotopic (exact) mass is 245 g/mol. The Kier molecular flexibility index (Phi) is 2.40. The summed E-state index contributed by atoms with van der Waals surface area (Å²) in [5.41, 5.74) is 1.17. The average Bonchev–Trinajstić information content (AvgIpc) is 2.96. The Hall–Kier alpha value is -2.50. The quantitative estimate of drug-likeness (QED) is 0.868. The van der Waals surface area contributed by atoms with Crippen molar-refractivity contribution in [3.63, 3.8) is 0 Å². The van der Waals surface area contributed by atoms with Gasteiger partial charge < -0.3 is 14.8 Å². The highest BCUT2D eigenvalue weighted by atomic mass is 16.7. The second kappa shape index (κ2) is 4.06. The number of hydrogen-bond donors (Lipinski definition) is 1. The van der Waals surface area contributed by atoms with Gasteiger partial charge in [0.05, 0.1) is 11.9 Å². The number of carbonyl (C=O) groups excluding carboxylic acids is 1. The zero-order valence-electron chi connectivity index (χ0n) is 9.71. The van der Waals surface area contributed by atoms with Crippen LogP contribution in [0, 0.1) is 0 Å². The minimum atomic E-state index is -0.207. The third-order valence-electron chi connectivity index (χ3n) is 2.60. The minimum absolute atomic E-state index is 0.197. The summed E-state index contributed by atoms with van der Waals surface area (Å²) in [7, 11) is 1.79. The summed E-state index contributed by atoms with van der Waals surface area (Å²) >= 11 is 0. The molecule has 1 aromatic heterocycles. The topological polar surface area (TPSA) is 65.4 Å². The molecule has 0 aliphatic carbocycles. The van der Waals surface area contributed by atoms with Gasteiger partial charge in [-0.1, -0.05) is 0 Å². The molecule has 0 fully saturated rings. The van der Waals surface area contributed by atoms with Crippen molar-refractivity contribution in [1.29, 1.82) is 0 Å². The van der Waals surface area contributed by atoms with E-state index >= 15 is 0 Å². The Morgan fingerprint density at radius 2 is 2.22 bits per heavy atom. The second-order valence-corrected chi connectivity index (χ2v) is 3.92. The molecule has 0 bridgehead atoms. The normalized spacial score (nSPS) is 12.5. The van der Waals surface area contributed by atoms with E-state index in [1.165, 1.54) is 0 Å². The van der Waals surface area contributed by atoms with E-state index in [1.807, 2.05) is 0 Å². The number of hydrogen-bond acceptors (Lipinski definition) is 4. The Balaban J connectivity index is 1.80. The summed E-state index contributed by atoms with van der Waals surface area (Å²) in [5, 5.41) is 6.73. The number of aryl methyl sites for hydroxylation is 1. The van der Waals surface area contributed by atoms with Crippen molar-refractivity contribution in [3.05, 3.63) is 36.2 Å². The standard InChI is InChI=1S/C12H11N3O3/c1-15-6-9(5-13-15)14-12(16)8-2-3-10-11(4-8)18-7-17-10/h2-6H,7H2,1H3,(H,14,16). The Bertz CT molecular complexity index is 606. The lowest BCUT2D eigenvalue weighted by atomic mass is 10.2. The molecule has 0 spiro atoms. The fraction of sp³-hybridized carbons (Fsp3) is 0.167. The highest BCUT2D eigenvalue weighted by molar-refractivity contribution is 6.04. The molecule has 0 unspecified atom stereocenters. The van der Waals surface area contributed by atoms with Crippen LogP contribution in [-0.2, 0) is 7.05 Å². The molecule has 18 heavy (non-hydrogen) atoms. The van der Waals surface area contributed by atoms with E-state index in [9.17, 15) is 4.79 Å². The van der Waals surface area contributed by atoms with E-state index in [2.05, 4.69) is 10.4 Å². The number of benzene rings is 1. The molecule has 1 aliphatic rings. The van der Waals surface area contributed by atoms with E-state index in [0.717, 1.165) is 0 Å². The number of carbonyl (C=O) groups is 1. The molecular weight excluding hydrogens is 234 g/mol. The van der Waals surface area contributed by atoms with Crippen molar-refractivity contribution in [2.45, 2.75) is 0 Å². The molecule has 1 N–H and O–H groups in total. The van der Waals surface area contributed by atoms with E-state index in [-0.39, 0.29) is 12.7 Å². The summed E-state index contributed by atoms with van der Waals surface area (Å²) in [4.78, 5) is 12.0. The molecule has 0 saturated carbocycles. The zero-order valence-corrected chi connectivity index (χ0v) is 9.71. The van der Waals surface area contributed by atoms with E-state index in [1.54, 1.807) is 42.3 Å². The summed E-state index contributed by atoms with van der Waals surface area (Å²) < 4.78 is 12.0. The zero-order chi connectivity index (χ0) is 12.5. The molecule has 0 radical (unpaired) electrons. The van der Waals surface area contributed by atoms with Gasteiger partial charge in [-0.05, 0) is 18.2 Å². The van der Waals surface area contributed by atoms with Crippen molar-refractivity contribution in [3.8, 4) is 11.5 Å². The predicted molar refractivity (Wildman–Crippen MR) is 63.7 cm³/mol. The van der Waals surface area contributed by atoms with Crippen LogP contribution in [0.25, 0.3) is 0 Å². The molecule has 1 aliphatic heterocycles. The molecule has 1 amide bonds. The summed E-state index contributed by atoms with van der Waals surface area (Å²) in [6.07, 6.45) is 3.32. The minimum Gasteiger partial charge on any atom is -0.454 e. The first-order chi connectivity index (χ1) is 8.72. The number of fused-ring (bicyclic) bond motifs is 1. The van der Waals surface area contributed by atoms with Gasteiger partial charge in [-0.15, -0.1) is 0 Å². The average molecular weight is 245 g/mol. The van der Waals surface area contributed by atoms with Crippen LogP contribution in [0.5, 0.6) is 11.5 Å². The molecule has 2 heterocycles. The largest absolute Gasteiger partial charge is 0.454 e. The SMILES string of the molecule is Cn1cc(NC(=O)c2ccc3c(c2)OCO3)cn1. The van der Waals surface area contributed by atoms with E-state index < -0.39 is 0 Å². The molecule has 3 rings (SSSR count). The number of nitrogens with zero attached hydrogens (tertiary/aromatic N) is 2. The number of amides is 1. The van der Waals surface area contributed by atoms with Crippen LogP contribution in [0.4, 0.5) is 5.69 Å². The molecule has 92 valence electrons. The Morgan fingerprint density at radius 3 is 3.00 bits per heavy atom. The van der Waals surface area contributed by atoms with Crippen molar-refractivity contribution in [2.24, 2.45) is 7.05 Å². The molecule has 0 atom stereocenters. The highest BCUT2D eigenvalue weighted by Gasteiger charge is 2.16. The Labute approximate surface area is 103 Å². The molecule has 1 aromatic carbocycles. The van der Waals surface area contributed by atoms with Gasteiger partial charge in [0.25, 0.3) is 5.91 Å². The van der Waals surface area contributed by atoms with Crippen LogP contribution >= 0.6 is 0 Å². The summed E-state index contributed by atoms with van der Waals surface area (Å²) in [6, 6.07) is 5.08. The maximum Gasteiger partial charge on any atom is 0.255 e. The lowest BCUT2D eigenvalue weighted by Gasteiger charge is -2.03. The number of aromatic nitrogens is 2. The van der Waals surface area contributed by atoms with Gasteiger partial charge in [-0.25, -0.2) is 0 Å². The first-order valence-electron chi connectivity index (χ1n) is 5.42. The first-order valence-corrected chi connectivity index (χ1v) is 5.42. The fourth-order valence-electron chi connectivity index (χ4n) is 1.73. The van der Waals surface area contributed by atoms with Gasteiger partial charge in [0, 0.05) is 18.8 Å². The van der Waals surface area contributed by atoms with Crippen LogP contribution in [0.3, 0.4) is 0 Å². The van der Waals surface area contributed by atoms with Crippen molar-refractivity contribution in [2.75, 3.05) is 12.1 Å². The molecule has 2 aromatic rings. The van der Waals surface area contributed by atoms with Gasteiger partial charge in [0.1, 0.15) is 0 Å². The molecule has 6 nitrogen and oxygen atoms in total. The van der Waals surface area contributed by atoms with Crippen LogP contribution in [-0.4, -0.2) is 22.5 Å². The first kappa shape index (κ1) is 10.6. The van der Waals surface area contributed by atoms with Gasteiger partial charge in [0.2, 0.25) is 6.79 Å². The van der Waals surface area contributed by atoms with E-state index in [4.69, 9.17) is 9.47 Å². The third kappa shape index (κ3) is 1.88. The van der Waals surface area contributed by atoms with Crippen LogP contribution in [0.15, 0.2) is 30.6 Å². The Morgan fingerprint density at radius 1 is 1.39 bits per heavy atom. The van der Waals surface area contributed by atoms with Crippen molar-refractivity contribution >= 4 is 11.6 Å². The number of anilines is 1. The van der Waals surface area contributed by atoms with Crippen molar-refractivity contribution < 1.29 is 14.3 Å². The maximum atomic E-state index is 12.0. The lowest BCUT2D eigenvalue weighted by Crippen LogP contribution is -2.11. The van der Waals surface area contributed by atoms with Crippen LogP contribution in [0.2, 0.25) is 0 Å². The summed E-state index contributed by atoms with van der Waals surface area (Å²) in [5.74, 6) is 1.04. The number of nitrogens with one attached hydrogen (secondary N) is 1. The third-order valence-corrected chi connectivity index (χ3v) is 2.60. The van der Waals surface area contributed by atoms with E-state index in [0.29, 0.717) is 22.7 Å². The maximum absolute atomic E-state index is 12.0. The molecule has 6 heteroatoms. The van der Waals surface area contributed by atoms with Crippen molar-refractivity contribution in [1.82, 2.24) is 9.78 Å². The van der Waals surface area contributed by atoms with Gasteiger partial charge in [-0.2, -0.15) is 5.10 Å². The highest BCUT2D eigenvalue weighted by Crippen LogP contribution is 2.32. The number of ether oxygens (including phenoxy) is 2. The van der Waals surface area contributed by atoms with Gasteiger partial charge >= 0.3 is 0 Å². The number of rotatable bonds is 2. The van der Waals surface area contributed by atoms with Gasteiger partial charge in [0.15, 0.2) is 11.5 Å². The lowest BCUT2D eigenvalue weighted by molar-refractivity contribution is 0.102. The molecule has 0 saturated heterocycles. The summed E-state index contributed by atoms with van der Waals surface area (Å²) in [6.45, 7) is 0.197. The van der Waals surface area contributed by atoms with Crippen LogP contribution < -0.4 is 14.8 Å². The second-order valence-electron chi connectivity index (χ2n) is 3.92. The molecular formula is C12H11N3O3. The van der Waals surface area contributed by atoms with Crippen LogP contribution in [0.1, 0.15) is 10.4 Å². The van der Waals surface area contributed by atoms with Gasteiger partial charge in [-0.3, -0.25) is 9.48 Å². The fourth-order valence-corrected chi connectivity index (χ4v) is 1.73.